The summed E-state index contributed by atoms with van der Waals surface area (Å²) in [6.07, 6.45) is 1.28. The van der Waals surface area contributed by atoms with E-state index in [2.05, 4.69) is 21.2 Å². The van der Waals surface area contributed by atoms with E-state index >= 15 is 8.78 Å². The zero-order valence-electron chi connectivity index (χ0n) is 34.5. The number of piperazine rings is 1. The van der Waals surface area contributed by atoms with Gasteiger partial charge in [-0.15, -0.1) is 11.3 Å². The molecule has 17 heteroatoms. The van der Waals surface area contributed by atoms with E-state index in [1.165, 1.54) is 12.1 Å². The number of carbonyl (C=O) groups excluding carboxylic acids is 2. The molecule has 7 heterocycles. The maximum Gasteiger partial charge on any atom is 0.412 e. The average molecular weight is 848 g/mol. The van der Waals surface area contributed by atoms with Crippen molar-refractivity contribution in [1.82, 2.24) is 19.8 Å². The minimum Gasteiger partial charge on any atom is -0.461 e. The molecule has 9 rings (SSSR count). The number of thiophene rings is 1. The van der Waals surface area contributed by atoms with Gasteiger partial charge in [-0.2, -0.15) is 15.2 Å². The second-order valence-corrected chi connectivity index (χ2v) is 19.6. The number of carbonyl (C=O) groups is 2. The van der Waals surface area contributed by atoms with E-state index in [0.717, 1.165) is 43.6 Å². The van der Waals surface area contributed by atoms with E-state index in [-0.39, 0.29) is 75.2 Å². The number of halogens is 3. The van der Waals surface area contributed by atoms with Gasteiger partial charge in [0.1, 0.15) is 52.2 Å². The lowest BCUT2D eigenvalue weighted by molar-refractivity contribution is 0.0209. The second kappa shape index (κ2) is 14.6. The normalized spacial score (nSPS) is 23.9. The minimum atomic E-state index is -0.982. The van der Waals surface area contributed by atoms with Gasteiger partial charge in [0.05, 0.1) is 34.4 Å². The molecule has 4 aromatic rings. The Hall–Kier alpha value is -4.92. The Morgan fingerprint density at radius 1 is 1.02 bits per heavy atom. The molecule has 5 aliphatic rings. The number of likely N-dealkylation sites (tertiary alicyclic amines) is 1. The number of nitriles is 1. The average Bonchev–Trinajstić information content (AvgIpc) is 3.98. The fraction of sp³-hybridized carbons (Fsp3) is 0.558. The van der Waals surface area contributed by atoms with Crippen LogP contribution in [-0.2, 0) is 27.4 Å². The minimum absolute atomic E-state index is 0.0190. The van der Waals surface area contributed by atoms with Gasteiger partial charge in [-0.25, -0.2) is 22.8 Å². The summed E-state index contributed by atoms with van der Waals surface area (Å²) in [5, 5.41) is 13.7. The van der Waals surface area contributed by atoms with Crippen molar-refractivity contribution in [2.45, 2.75) is 122 Å². The van der Waals surface area contributed by atoms with Crippen LogP contribution in [0.15, 0.2) is 12.1 Å². The molecule has 2 aromatic heterocycles. The van der Waals surface area contributed by atoms with Crippen molar-refractivity contribution >= 4 is 55.3 Å². The van der Waals surface area contributed by atoms with E-state index in [9.17, 15) is 19.2 Å². The van der Waals surface area contributed by atoms with E-state index in [1.807, 2.05) is 20.8 Å². The van der Waals surface area contributed by atoms with Gasteiger partial charge in [0.15, 0.2) is 5.82 Å². The summed E-state index contributed by atoms with van der Waals surface area (Å²) in [6, 6.07) is 4.34. The maximum atomic E-state index is 17.9. The van der Waals surface area contributed by atoms with Crippen molar-refractivity contribution in [2.24, 2.45) is 0 Å². The Kier molecular flexibility index (Phi) is 9.87. The number of aromatic nitrogens is 2. The predicted molar refractivity (Wildman–Crippen MR) is 219 cm³/mol. The molecule has 5 aliphatic heterocycles. The molecular formula is C43H48F3N7O6S. The summed E-state index contributed by atoms with van der Waals surface area (Å²) in [6.45, 7) is 12.6. The number of ether oxygens (including phenoxy) is 4. The summed E-state index contributed by atoms with van der Waals surface area (Å²) >= 11 is 0.860. The molecule has 4 fully saturated rings. The van der Waals surface area contributed by atoms with E-state index < -0.39 is 46.7 Å². The number of nitrogens with zero attached hydrogens (tertiary/aromatic N) is 6. The molecule has 1 N–H and O–H groups in total. The highest BCUT2D eigenvalue weighted by Gasteiger charge is 2.50. The summed E-state index contributed by atoms with van der Waals surface area (Å²) < 4.78 is 72.1. The first-order chi connectivity index (χ1) is 28.4. The van der Waals surface area contributed by atoms with Gasteiger partial charge in [-0.05, 0) is 96.5 Å². The van der Waals surface area contributed by atoms with E-state index in [4.69, 9.17) is 28.9 Å². The molecule has 0 spiro atoms. The van der Waals surface area contributed by atoms with Gasteiger partial charge in [0, 0.05) is 49.1 Å². The first-order valence-electron chi connectivity index (χ1n) is 20.5. The molecule has 0 aliphatic carbocycles. The Labute approximate surface area is 349 Å². The van der Waals surface area contributed by atoms with Gasteiger partial charge in [-0.3, -0.25) is 10.2 Å². The molecule has 2 bridgehead atoms. The van der Waals surface area contributed by atoms with Gasteiger partial charge >= 0.3 is 18.2 Å². The maximum absolute atomic E-state index is 17.9. The Morgan fingerprint density at radius 3 is 2.43 bits per heavy atom. The summed E-state index contributed by atoms with van der Waals surface area (Å²) in [4.78, 5) is 41.9. The third-order valence-electron chi connectivity index (χ3n) is 12.2. The number of alkyl halides is 1. The quantitative estimate of drug-likeness (QED) is 0.199. The number of amides is 2. The molecule has 318 valence electrons. The molecular weight excluding hydrogens is 800 g/mol. The number of fused-ring (bicyclic) bond motifs is 7. The van der Waals surface area contributed by atoms with Crippen molar-refractivity contribution in [2.75, 3.05) is 43.0 Å². The number of benzene rings is 2. The van der Waals surface area contributed by atoms with Crippen LogP contribution in [0, 0.1) is 23.0 Å². The van der Waals surface area contributed by atoms with Crippen LogP contribution in [0.4, 0.5) is 33.6 Å². The van der Waals surface area contributed by atoms with Crippen LogP contribution >= 0.6 is 11.3 Å². The highest BCUT2D eigenvalue weighted by molar-refractivity contribution is 7.23. The summed E-state index contributed by atoms with van der Waals surface area (Å²) in [5.41, 5.74) is -0.657. The van der Waals surface area contributed by atoms with Gasteiger partial charge in [0.2, 0.25) is 0 Å². The largest absolute Gasteiger partial charge is 0.461 e. The molecule has 13 nitrogen and oxygen atoms in total. The van der Waals surface area contributed by atoms with Crippen LogP contribution in [0.3, 0.4) is 0 Å². The van der Waals surface area contributed by atoms with E-state index in [0.29, 0.717) is 48.4 Å². The highest BCUT2D eigenvalue weighted by atomic mass is 32.1. The van der Waals surface area contributed by atoms with Gasteiger partial charge in [0.25, 0.3) is 0 Å². The topological polar surface area (TPSA) is 142 Å². The Bertz CT molecular complexity index is 2470. The molecule has 0 saturated carbocycles. The van der Waals surface area contributed by atoms with Crippen molar-refractivity contribution in [3.8, 4) is 23.2 Å². The Morgan fingerprint density at radius 2 is 1.73 bits per heavy atom. The molecule has 4 atom stereocenters. The van der Waals surface area contributed by atoms with E-state index in [1.54, 1.807) is 25.7 Å². The van der Waals surface area contributed by atoms with Crippen molar-refractivity contribution in [3.63, 3.8) is 0 Å². The fourth-order valence-corrected chi connectivity index (χ4v) is 10.9. The first-order valence-corrected chi connectivity index (χ1v) is 21.3. The first kappa shape index (κ1) is 40.5. The number of anilines is 2. The molecule has 60 heavy (non-hydrogen) atoms. The van der Waals surface area contributed by atoms with Crippen LogP contribution in [0.1, 0.15) is 90.3 Å². The SMILES string of the molecule is CC(C)(C)OC(=O)Nc1sc2c(F)ccc(-c3c4c(c5c(N6C7CCC6CN(C(=O)OC(C)(C)C)C7)nc(OC[C@@]67CCCN6C[C@H](F)C7)nc5c3F)COC4)c2c1C#N. The molecule has 4 saturated heterocycles. The molecule has 2 aromatic carbocycles. The number of nitrogens with one attached hydrogen (secondary N) is 1. The molecule has 2 unspecified atom stereocenters. The third kappa shape index (κ3) is 7.03. The highest BCUT2D eigenvalue weighted by Crippen LogP contribution is 2.50. The second-order valence-electron chi connectivity index (χ2n) is 18.6. The predicted octanol–water partition coefficient (Wildman–Crippen LogP) is 8.58. The van der Waals surface area contributed by atoms with Crippen LogP contribution in [0.2, 0.25) is 0 Å². The lowest BCUT2D eigenvalue weighted by atomic mass is 9.90. The monoisotopic (exact) mass is 847 g/mol. The van der Waals surface area contributed by atoms with Gasteiger partial charge in [-0.1, -0.05) is 6.07 Å². The van der Waals surface area contributed by atoms with Crippen LogP contribution in [0.5, 0.6) is 6.01 Å². The van der Waals surface area contributed by atoms with Crippen molar-refractivity contribution in [3.05, 3.63) is 40.5 Å². The molecule has 0 radical (unpaired) electrons. The number of hydrogen-bond donors (Lipinski definition) is 1. The Balaban J connectivity index is 1.20. The number of rotatable bonds is 6. The third-order valence-corrected chi connectivity index (χ3v) is 13.3. The molecule has 2 amide bonds. The van der Waals surface area contributed by atoms with Crippen molar-refractivity contribution in [1.29, 1.82) is 5.26 Å². The van der Waals surface area contributed by atoms with Crippen LogP contribution in [-0.4, -0.2) is 99.7 Å². The zero-order valence-corrected chi connectivity index (χ0v) is 35.4. The van der Waals surface area contributed by atoms with Crippen molar-refractivity contribution < 1.29 is 41.7 Å². The van der Waals surface area contributed by atoms with Crippen LogP contribution in [0.25, 0.3) is 32.1 Å². The zero-order chi connectivity index (χ0) is 42.5. The smallest absolute Gasteiger partial charge is 0.412 e. The number of hydrogen-bond acceptors (Lipinski definition) is 12. The lowest BCUT2D eigenvalue weighted by Gasteiger charge is -2.42. The van der Waals surface area contributed by atoms with Crippen LogP contribution < -0.4 is 15.0 Å². The standard InChI is InChI=1S/C43H48F3N7O6S/c1-41(2,3)58-39(54)50-37-26(15-47)31-25(10-11-29(45)35(31)60-37)30-27-19-56-20-28(27)32-34(33(30)46)48-38(57-21-43-12-7-13-52(43)16-22(44)14-43)49-36(32)53-23-8-9-24(53)18-51(17-23)40(55)59-42(4,5)6/h10-11,22-24H,7-9,12-14,16-21H2,1-6H3,(H,50,54)/t22-,23?,24?,43+/m1/s1. The fourth-order valence-electron chi connectivity index (χ4n) is 9.87. The summed E-state index contributed by atoms with van der Waals surface area (Å²) in [5.74, 6) is -0.932. The lowest BCUT2D eigenvalue weighted by Crippen LogP contribution is -2.56. The van der Waals surface area contributed by atoms with Gasteiger partial charge < -0.3 is 28.7 Å². The summed E-state index contributed by atoms with van der Waals surface area (Å²) in [7, 11) is 0.